The first kappa shape index (κ1) is 17.9. The van der Waals surface area contributed by atoms with Gasteiger partial charge >= 0.3 is 4.87 Å². The number of anilines is 1. The lowest BCUT2D eigenvalue weighted by Crippen LogP contribution is -2.24. The lowest BCUT2D eigenvalue weighted by Gasteiger charge is -2.07. The molecule has 1 aromatic heterocycles. The van der Waals surface area contributed by atoms with Crippen LogP contribution in [0.3, 0.4) is 0 Å². The van der Waals surface area contributed by atoms with Crippen molar-refractivity contribution < 1.29 is 14.7 Å². The Kier molecular flexibility index (Phi) is 4.40. The average molecular weight is 393 g/mol. The zero-order valence-electron chi connectivity index (χ0n) is 14.8. The minimum absolute atomic E-state index is 0.117. The predicted octanol–water partition coefficient (Wildman–Crippen LogP) is 0.921. The third-order valence-corrected chi connectivity index (χ3v) is 5.33. The molecule has 28 heavy (non-hydrogen) atoms. The summed E-state index contributed by atoms with van der Waals surface area (Å²) in [6, 6.07) is 14.1. The Hall–Kier alpha value is -3.52. The van der Waals surface area contributed by atoms with E-state index in [4.69, 9.17) is 0 Å². The first-order valence-corrected chi connectivity index (χ1v) is 9.27. The monoisotopic (exact) mass is 393 g/mol. The molecule has 0 saturated heterocycles. The highest BCUT2D eigenvalue weighted by Gasteiger charge is 2.26. The summed E-state index contributed by atoms with van der Waals surface area (Å²) in [4.78, 5) is 40.5. The smallest absolute Gasteiger partial charge is 0.311 e. The van der Waals surface area contributed by atoms with Crippen LogP contribution in [0.2, 0.25) is 0 Å². The zero-order chi connectivity index (χ0) is 19.8. The van der Waals surface area contributed by atoms with E-state index in [2.05, 4.69) is 10.3 Å². The number of hydrogen-bond acceptors (Lipinski definition) is 5. The van der Waals surface area contributed by atoms with Gasteiger partial charge in [-0.3, -0.25) is 19.0 Å². The van der Waals surface area contributed by atoms with E-state index in [0.717, 1.165) is 10.1 Å². The first-order valence-electron chi connectivity index (χ1n) is 8.46. The molecule has 0 saturated carbocycles. The van der Waals surface area contributed by atoms with Crippen LogP contribution in [0.15, 0.2) is 58.3 Å². The van der Waals surface area contributed by atoms with Gasteiger partial charge in [0, 0.05) is 10.9 Å². The molecule has 3 aromatic rings. The number of aromatic nitrogens is 1. The number of rotatable bonds is 4. The van der Waals surface area contributed by atoms with Crippen LogP contribution >= 0.6 is 11.3 Å². The van der Waals surface area contributed by atoms with E-state index in [1.54, 1.807) is 36.4 Å². The van der Waals surface area contributed by atoms with Crippen LogP contribution in [0.5, 0.6) is 5.88 Å². The highest BCUT2D eigenvalue weighted by molar-refractivity contribution is 7.11. The Morgan fingerprint density at radius 3 is 2.61 bits per heavy atom. The third-order valence-electron chi connectivity index (χ3n) is 4.34. The van der Waals surface area contributed by atoms with Gasteiger partial charge in [-0.05, 0) is 25.1 Å². The van der Waals surface area contributed by atoms with E-state index in [9.17, 15) is 19.5 Å². The van der Waals surface area contributed by atoms with E-state index in [0.29, 0.717) is 27.6 Å². The molecule has 2 heterocycles. The Morgan fingerprint density at radius 1 is 1.14 bits per heavy atom. The Labute approximate surface area is 162 Å². The topological polar surface area (TPSA) is 101 Å². The summed E-state index contributed by atoms with van der Waals surface area (Å²) >= 11 is 0.715. The van der Waals surface area contributed by atoms with Gasteiger partial charge in [-0.15, -0.1) is 0 Å². The van der Waals surface area contributed by atoms with Crippen molar-refractivity contribution in [3.8, 4) is 5.88 Å². The molecular weight excluding hydrogens is 378 g/mol. The molecule has 2 aromatic carbocycles. The number of nitrogens with zero attached hydrogens (tertiary/aromatic N) is 2. The van der Waals surface area contributed by atoms with Crippen LogP contribution < -0.4 is 20.8 Å². The second kappa shape index (κ2) is 6.90. The Morgan fingerprint density at radius 2 is 1.86 bits per heavy atom. The normalized spacial score (nSPS) is 12.6. The number of aryl methyl sites for hydroxylation is 1. The minimum atomic E-state index is -0.531. The molecule has 0 bridgehead atoms. The van der Waals surface area contributed by atoms with E-state index >= 15 is 0 Å². The average Bonchev–Trinajstić information content (AvgIpc) is 3.13. The highest BCUT2D eigenvalue weighted by Crippen LogP contribution is 2.28. The molecule has 0 atom stereocenters. The van der Waals surface area contributed by atoms with Crippen LogP contribution in [-0.4, -0.2) is 21.5 Å². The van der Waals surface area contributed by atoms with Gasteiger partial charge in [-0.25, -0.2) is 4.99 Å². The van der Waals surface area contributed by atoms with Crippen molar-refractivity contribution in [1.82, 2.24) is 4.57 Å². The number of para-hydroxylation sites is 1. The fourth-order valence-electron chi connectivity index (χ4n) is 2.96. The Balaban J connectivity index is 1.67. The number of nitrogens with one attached hydrogen (secondary N) is 1. The molecule has 8 heteroatoms. The fourth-order valence-corrected chi connectivity index (χ4v) is 3.90. The van der Waals surface area contributed by atoms with Gasteiger partial charge in [0.05, 0.1) is 10.9 Å². The number of fused-ring (bicyclic) bond motifs is 1. The van der Waals surface area contributed by atoms with Gasteiger partial charge in [-0.1, -0.05) is 47.2 Å². The van der Waals surface area contributed by atoms with Crippen molar-refractivity contribution in [2.24, 2.45) is 4.99 Å². The third kappa shape index (κ3) is 3.14. The van der Waals surface area contributed by atoms with Crippen LogP contribution in [0.4, 0.5) is 5.69 Å². The lowest BCUT2D eigenvalue weighted by molar-refractivity contribution is -0.117. The Bertz CT molecular complexity index is 1290. The van der Waals surface area contributed by atoms with Gasteiger partial charge in [0.25, 0.3) is 5.91 Å². The van der Waals surface area contributed by atoms with Gasteiger partial charge in [-0.2, -0.15) is 0 Å². The molecule has 0 radical (unpaired) electrons. The van der Waals surface area contributed by atoms with Crippen molar-refractivity contribution >= 4 is 34.4 Å². The predicted molar refractivity (Wildman–Crippen MR) is 105 cm³/mol. The first-order chi connectivity index (χ1) is 13.4. The molecule has 0 spiro atoms. The molecule has 2 N–H and O–H groups in total. The number of carbonyl (C=O) groups is 2. The van der Waals surface area contributed by atoms with E-state index in [-0.39, 0.29) is 17.0 Å². The summed E-state index contributed by atoms with van der Waals surface area (Å²) < 4.78 is 0.949. The lowest BCUT2D eigenvalue weighted by atomic mass is 10.1. The van der Waals surface area contributed by atoms with Gasteiger partial charge in [0.15, 0.2) is 0 Å². The molecule has 0 aliphatic carbocycles. The van der Waals surface area contributed by atoms with Crippen LogP contribution in [0.25, 0.3) is 5.57 Å². The quantitative estimate of drug-likeness (QED) is 0.688. The molecule has 0 fully saturated rings. The summed E-state index contributed by atoms with van der Waals surface area (Å²) in [5, 5.41) is 14.3. The summed E-state index contributed by atoms with van der Waals surface area (Å²) in [5.41, 5.74) is 1.82. The molecule has 2 amide bonds. The molecular formula is C20H15N3O4S. The van der Waals surface area contributed by atoms with E-state index in [1.807, 2.05) is 19.1 Å². The molecule has 4 rings (SSSR count). The maximum Gasteiger partial charge on any atom is 0.311 e. The largest absolute Gasteiger partial charge is 0.493 e. The number of benzene rings is 2. The zero-order valence-corrected chi connectivity index (χ0v) is 15.6. The summed E-state index contributed by atoms with van der Waals surface area (Å²) in [6.45, 7) is 1.57. The number of aromatic hydroxyl groups is 1. The van der Waals surface area contributed by atoms with E-state index < -0.39 is 22.6 Å². The summed E-state index contributed by atoms with van der Waals surface area (Å²) in [5.74, 6) is -1.39. The number of amides is 2. The van der Waals surface area contributed by atoms with Crippen molar-refractivity contribution in [2.45, 2.75) is 13.5 Å². The molecule has 0 unspecified atom stereocenters. The van der Waals surface area contributed by atoms with Crippen molar-refractivity contribution in [3.05, 3.63) is 79.2 Å². The molecule has 1 aliphatic rings. The van der Waals surface area contributed by atoms with Crippen molar-refractivity contribution in [3.63, 3.8) is 0 Å². The van der Waals surface area contributed by atoms with Crippen LogP contribution in [0, 0.1) is 6.92 Å². The minimum Gasteiger partial charge on any atom is -0.493 e. The maximum absolute atomic E-state index is 12.4. The fraction of sp³-hybridized carbons (Fsp3) is 0.100. The van der Waals surface area contributed by atoms with Gasteiger partial charge in [0.1, 0.15) is 11.4 Å². The second-order valence-electron chi connectivity index (χ2n) is 6.33. The second-order valence-corrected chi connectivity index (χ2v) is 7.29. The number of thiazole rings is 1. The standard InChI is InChI=1S/C20H15N3O4S/c1-11-6-8-12(9-7-11)21-15(24)10-23-19(26)17(28-20(23)27)16-13-4-2-3-5-14(13)22-18(16)25/h2-9,26H,10H2,1H3,(H,21,24). The molecule has 7 nitrogen and oxygen atoms in total. The van der Waals surface area contributed by atoms with Crippen molar-refractivity contribution in [2.75, 3.05) is 5.32 Å². The molecule has 1 aliphatic heterocycles. The summed E-state index contributed by atoms with van der Waals surface area (Å²) in [7, 11) is 0. The van der Waals surface area contributed by atoms with Crippen molar-refractivity contribution in [1.29, 1.82) is 0 Å². The number of hydrogen-bond donors (Lipinski definition) is 2. The summed E-state index contributed by atoms with van der Waals surface area (Å²) in [6.07, 6.45) is 0. The van der Waals surface area contributed by atoms with Gasteiger partial charge < -0.3 is 10.4 Å². The van der Waals surface area contributed by atoms with E-state index in [1.165, 1.54) is 0 Å². The van der Waals surface area contributed by atoms with Gasteiger partial charge in [0.2, 0.25) is 11.8 Å². The number of carbonyl (C=O) groups excluding carboxylic acids is 2. The van der Waals surface area contributed by atoms with Crippen LogP contribution in [0.1, 0.15) is 10.4 Å². The SMILES string of the molecule is Cc1ccc(NC(=O)Cn2c(O)c(C3=c4ccccc4=NC3=O)sc2=O)cc1. The maximum atomic E-state index is 12.4. The molecule has 140 valence electrons. The highest BCUT2D eigenvalue weighted by atomic mass is 32.1. The van der Waals surface area contributed by atoms with Crippen LogP contribution in [-0.2, 0) is 16.1 Å².